The van der Waals surface area contributed by atoms with Crippen molar-refractivity contribution in [2.24, 2.45) is 10.9 Å². The van der Waals surface area contributed by atoms with Gasteiger partial charge in [-0.05, 0) is 25.3 Å². The van der Waals surface area contributed by atoms with E-state index in [4.69, 9.17) is 9.73 Å². The summed E-state index contributed by atoms with van der Waals surface area (Å²) in [6, 6.07) is 10.4. The Kier molecular flexibility index (Phi) is 10.2. The third-order valence-electron chi connectivity index (χ3n) is 4.70. The number of nitrogens with zero attached hydrogens (tertiary/aromatic N) is 3. The largest absolute Gasteiger partial charge is 0.376 e. The van der Waals surface area contributed by atoms with E-state index in [0.29, 0.717) is 19.1 Å². The summed E-state index contributed by atoms with van der Waals surface area (Å²) in [6.45, 7) is 9.33. The number of rotatable bonds is 8. The molecule has 1 N–H and O–H groups in total. The maximum atomic E-state index is 5.94. The van der Waals surface area contributed by atoms with Crippen LogP contribution in [0, 0.1) is 5.92 Å². The van der Waals surface area contributed by atoms with Crippen LogP contribution in [-0.2, 0) is 24.3 Å². The fraction of sp³-hybridized carbons (Fsp3) is 0.524. The maximum absolute atomic E-state index is 5.94. The summed E-state index contributed by atoms with van der Waals surface area (Å²) in [5.74, 6) is 1.56. The molecule has 1 aromatic heterocycles. The fourth-order valence-corrected chi connectivity index (χ4v) is 4.02. The predicted molar refractivity (Wildman–Crippen MR) is 128 cm³/mol. The standard InChI is InChI=1S/C21H30N4OS.HI/c1-3-19-12-23-20(27-19)13-24-21(22-4-2)25-11-10-18(14-25)16-26-15-17-8-6-5-7-9-17;/h5-9,12,18H,3-4,10-11,13-16H2,1-2H3,(H,22,24);1H. The first kappa shape index (κ1) is 23.1. The van der Waals surface area contributed by atoms with Gasteiger partial charge in [0.05, 0.1) is 19.8 Å². The highest BCUT2D eigenvalue weighted by Crippen LogP contribution is 2.18. The average molecular weight is 514 g/mol. The number of guanidine groups is 1. The molecule has 5 nitrogen and oxygen atoms in total. The highest BCUT2D eigenvalue weighted by molar-refractivity contribution is 14.0. The van der Waals surface area contributed by atoms with Gasteiger partial charge in [-0.25, -0.2) is 9.98 Å². The van der Waals surface area contributed by atoms with Crippen LogP contribution >= 0.6 is 35.3 Å². The van der Waals surface area contributed by atoms with Gasteiger partial charge in [0.15, 0.2) is 5.96 Å². The molecule has 0 radical (unpaired) electrons. The zero-order valence-corrected chi connectivity index (χ0v) is 19.9. The van der Waals surface area contributed by atoms with Crippen LogP contribution in [0.1, 0.15) is 35.7 Å². The van der Waals surface area contributed by atoms with Crippen molar-refractivity contribution in [2.45, 2.75) is 39.8 Å². The molecular weight excluding hydrogens is 483 g/mol. The van der Waals surface area contributed by atoms with Gasteiger partial charge >= 0.3 is 0 Å². The monoisotopic (exact) mass is 514 g/mol. The van der Waals surface area contributed by atoms with E-state index in [9.17, 15) is 0 Å². The molecular formula is C21H31IN4OS. The van der Waals surface area contributed by atoms with Gasteiger partial charge in [-0.15, -0.1) is 35.3 Å². The van der Waals surface area contributed by atoms with E-state index in [0.717, 1.165) is 50.0 Å². The normalized spacial score (nSPS) is 16.9. The van der Waals surface area contributed by atoms with Gasteiger partial charge in [-0.2, -0.15) is 0 Å². The van der Waals surface area contributed by atoms with Crippen LogP contribution in [0.3, 0.4) is 0 Å². The number of aliphatic imine (C=N–C) groups is 1. The second-order valence-corrected chi connectivity index (χ2v) is 8.05. The molecule has 1 unspecified atom stereocenters. The Morgan fingerprint density at radius 3 is 2.86 bits per heavy atom. The van der Waals surface area contributed by atoms with Gasteiger partial charge in [0.1, 0.15) is 5.01 Å². The third-order valence-corrected chi connectivity index (χ3v) is 5.83. The van der Waals surface area contributed by atoms with E-state index >= 15 is 0 Å². The summed E-state index contributed by atoms with van der Waals surface area (Å²) in [7, 11) is 0. The minimum absolute atomic E-state index is 0. The highest BCUT2D eigenvalue weighted by Gasteiger charge is 2.25. The van der Waals surface area contributed by atoms with Crippen LogP contribution in [0.4, 0.5) is 0 Å². The molecule has 0 bridgehead atoms. The van der Waals surface area contributed by atoms with Crippen LogP contribution in [0.15, 0.2) is 41.5 Å². The number of thiazole rings is 1. The summed E-state index contributed by atoms with van der Waals surface area (Å²) >= 11 is 1.76. The first-order chi connectivity index (χ1) is 13.3. The summed E-state index contributed by atoms with van der Waals surface area (Å²) < 4.78 is 5.94. The van der Waals surface area contributed by atoms with Crippen molar-refractivity contribution in [3.8, 4) is 0 Å². The molecule has 0 aliphatic carbocycles. The second-order valence-electron chi connectivity index (χ2n) is 6.85. The molecule has 1 aliphatic rings. The molecule has 2 aromatic rings. The number of aryl methyl sites for hydroxylation is 1. The van der Waals surface area contributed by atoms with E-state index in [1.807, 2.05) is 12.3 Å². The molecule has 3 rings (SSSR count). The van der Waals surface area contributed by atoms with Gasteiger partial charge in [-0.3, -0.25) is 0 Å². The van der Waals surface area contributed by atoms with Gasteiger partial charge < -0.3 is 15.0 Å². The number of likely N-dealkylation sites (tertiary alicyclic amines) is 1. The zero-order valence-electron chi connectivity index (χ0n) is 16.8. The van der Waals surface area contributed by atoms with Crippen LogP contribution in [0.2, 0.25) is 0 Å². The lowest BCUT2D eigenvalue weighted by Crippen LogP contribution is -2.40. The van der Waals surface area contributed by atoms with Crippen LogP contribution in [0.5, 0.6) is 0 Å². The number of hydrogen-bond donors (Lipinski definition) is 1. The number of halogens is 1. The Balaban J connectivity index is 0.00000280. The molecule has 28 heavy (non-hydrogen) atoms. The molecule has 1 atom stereocenters. The summed E-state index contributed by atoms with van der Waals surface area (Å²) in [4.78, 5) is 13.0. The molecule has 0 spiro atoms. The van der Waals surface area contributed by atoms with Crippen LogP contribution in [-0.4, -0.2) is 42.1 Å². The van der Waals surface area contributed by atoms with E-state index in [1.165, 1.54) is 10.4 Å². The van der Waals surface area contributed by atoms with Crippen molar-refractivity contribution >= 4 is 41.3 Å². The van der Waals surface area contributed by atoms with Crippen molar-refractivity contribution < 1.29 is 4.74 Å². The zero-order chi connectivity index (χ0) is 18.9. The number of aromatic nitrogens is 1. The lowest BCUT2D eigenvalue weighted by atomic mass is 10.1. The average Bonchev–Trinajstić information content (AvgIpc) is 3.35. The molecule has 7 heteroatoms. The molecule has 1 fully saturated rings. The van der Waals surface area contributed by atoms with Crippen molar-refractivity contribution in [3.05, 3.63) is 52.0 Å². The summed E-state index contributed by atoms with van der Waals surface area (Å²) in [5.41, 5.74) is 1.23. The molecule has 0 saturated carbocycles. The molecule has 1 aliphatic heterocycles. The topological polar surface area (TPSA) is 49.8 Å². The molecule has 2 heterocycles. The predicted octanol–water partition coefficient (Wildman–Crippen LogP) is 4.33. The van der Waals surface area contributed by atoms with Gasteiger partial charge in [0.25, 0.3) is 0 Å². The minimum Gasteiger partial charge on any atom is -0.376 e. The van der Waals surface area contributed by atoms with Crippen LogP contribution < -0.4 is 5.32 Å². The molecule has 1 aromatic carbocycles. The molecule has 154 valence electrons. The number of ether oxygens (including phenoxy) is 1. The molecule has 1 saturated heterocycles. The van der Waals surface area contributed by atoms with Crippen LogP contribution in [0.25, 0.3) is 0 Å². The van der Waals surface area contributed by atoms with Gasteiger partial charge in [0, 0.05) is 36.6 Å². The first-order valence-corrected chi connectivity index (χ1v) is 10.7. The first-order valence-electron chi connectivity index (χ1n) is 9.87. The number of hydrogen-bond acceptors (Lipinski definition) is 4. The smallest absolute Gasteiger partial charge is 0.194 e. The SMILES string of the molecule is CCNC(=NCc1ncc(CC)s1)N1CCC(COCc2ccccc2)C1.I. The molecule has 0 amide bonds. The van der Waals surface area contributed by atoms with Crippen molar-refractivity contribution in [1.82, 2.24) is 15.2 Å². The number of benzene rings is 1. The van der Waals surface area contributed by atoms with E-state index < -0.39 is 0 Å². The van der Waals surface area contributed by atoms with Crippen molar-refractivity contribution in [2.75, 3.05) is 26.2 Å². The summed E-state index contributed by atoms with van der Waals surface area (Å²) in [6.07, 6.45) is 4.16. The van der Waals surface area contributed by atoms with E-state index in [-0.39, 0.29) is 24.0 Å². The van der Waals surface area contributed by atoms with Crippen molar-refractivity contribution in [3.63, 3.8) is 0 Å². The lowest BCUT2D eigenvalue weighted by Gasteiger charge is -2.21. The Labute approximate surface area is 189 Å². The third kappa shape index (κ3) is 7.00. The Hall–Kier alpha value is -1.19. The quantitative estimate of drug-likeness (QED) is 0.324. The van der Waals surface area contributed by atoms with Gasteiger partial charge in [-0.1, -0.05) is 37.3 Å². The Morgan fingerprint density at radius 2 is 2.14 bits per heavy atom. The highest BCUT2D eigenvalue weighted by atomic mass is 127. The lowest BCUT2D eigenvalue weighted by molar-refractivity contribution is 0.0906. The van der Waals surface area contributed by atoms with Crippen molar-refractivity contribution in [1.29, 1.82) is 0 Å². The maximum Gasteiger partial charge on any atom is 0.194 e. The van der Waals surface area contributed by atoms with E-state index in [2.05, 4.69) is 53.3 Å². The Morgan fingerprint density at radius 1 is 1.32 bits per heavy atom. The summed E-state index contributed by atoms with van der Waals surface area (Å²) in [5, 5.41) is 4.52. The fourth-order valence-electron chi connectivity index (χ4n) is 3.23. The van der Waals surface area contributed by atoms with E-state index in [1.54, 1.807) is 11.3 Å². The minimum atomic E-state index is 0. The number of nitrogens with one attached hydrogen (secondary N) is 1. The Bertz CT molecular complexity index is 722. The second kappa shape index (κ2) is 12.4. The van der Waals surface area contributed by atoms with Gasteiger partial charge in [0.2, 0.25) is 0 Å².